The number of phenols is 1. The van der Waals surface area contributed by atoms with E-state index < -0.39 is 30.0 Å². The molecule has 1 saturated carbocycles. The van der Waals surface area contributed by atoms with Crippen molar-refractivity contribution in [1.29, 1.82) is 0 Å². The minimum Gasteiger partial charge on any atom is -0.507 e. The third-order valence-electron chi connectivity index (χ3n) is 5.06. The zero-order valence-corrected chi connectivity index (χ0v) is 13.8. The minimum atomic E-state index is -0.978. The summed E-state index contributed by atoms with van der Waals surface area (Å²) in [6.07, 6.45) is -1.68. The van der Waals surface area contributed by atoms with E-state index in [4.69, 9.17) is 9.47 Å². The molecule has 1 aromatic rings. The molecule has 24 heavy (non-hydrogen) atoms. The predicted molar refractivity (Wildman–Crippen MR) is 84.1 cm³/mol. The maximum absolute atomic E-state index is 13.1. The van der Waals surface area contributed by atoms with Crippen LogP contribution in [0.25, 0.3) is 0 Å². The lowest BCUT2D eigenvalue weighted by atomic mass is 9.61. The maximum atomic E-state index is 13.1. The molecule has 128 valence electrons. The average Bonchev–Trinajstić information content (AvgIpc) is 2.56. The molecule has 0 unspecified atom stereocenters. The van der Waals surface area contributed by atoms with E-state index in [2.05, 4.69) is 0 Å². The van der Waals surface area contributed by atoms with E-state index in [-0.39, 0.29) is 34.2 Å². The Bertz CT molecular complexity index is 709. The third-order valence-corrected chi connectivity index (χ3v) is 5.06. The zero-order chi connectivity index (χ0) is 17.6. The van der Waals surface area contributed by atoms with Gasteiger partial charge < -0.3 is 14.6 Å². The molecule has 0 radical (unpaired) electrons. The second-order valence-corrected chi connectivity index (χ2v) is 6.25. The van der Waals surface area contributed by atoms with E-state index in [1.54, 1.807) is 13.8 Å². The topological polar surface area (TPSA) is 89.9 Å². The van der Waals surface area contributed by atoms with Crippen molar-refractivity contribution in [2.75, 3.05) is 13.7 Å². The molecule has 2 aliphatic carbocycles. The van der Waals surface area contributed by atoms with Crippen LogP contribution in [0.2, 0.25) is 0 Å². The third kappa shape index (κ3) is 2.21. The first-order chi connectivity index (χ1) is 11.4. The Morgan fingerprint density at radius 3 is 2.46 bits per heavy atom. The number of fused-ring (bicyclic) bond motifs is 2. The highest BCUT2D eigenvalue weighted by molar-refractivity contribution is 6.19. The summed E-state index contributed by atoms with van der Waals surface area (Å²) in [5.74, 6) is -3.51. The number of ketones is 3. The van der Waals surface area contributed by atoms with Gasteiger partial charge in [-0.3, -0.25) is 14.4 Å². The van der Waals surface area contributed by atoms with Crippen molar-refractivity contribution in [2.45, 2.75) is 26.1 Å². The minimum absolute atomic E-state index is 0.0184. The number of aromatic hydroxyl groups is 1. The average molecular weight is 332 g/mol. The van der Waals surface area contributed by atoms with Crippen LogP contribution in [0.4, 0.5) is 0 Å². The van der Waals surface area contributed by atoms with Crippen molar-refractivity contribution in [3.05, 3.63) is 29.3 Å². The first kappa shape index (κ1) is 16.8. The maximum Gasteiger partial charge on any atom is 0.173 e. The van der Waals surface area contributed by atoms with Crippen molar-refractivity contribution in [3.8, 4) is 5.75 Å². The summed E-state index contributed by atoms with van der Waals surface area (Å²) in [7, 11) is 1.36. The van der Waals surface area contributed by atoms with Gasteiger partial charge in [0.05, 0.1) is 23.5 Å². The van der Waals surface area contributed by atoms with Gasteiger partial charge in [0.2, 0.25) is 0 Å². The van der Waals surface area contributed by atoms with Crippen LogP contribution in [-0.2, 0) is 14.3 Å². The van der Waals surface area contributed by atoms with Gasteiger partial charge >= 0.3 is 0 Å². The summed E-state index contributed by atoms with van der Waals surface area (Å²) in [6, 6.07) is 4.39. The molecule has 0 aromatic heterocycles. The molecule has 0 bridgehead atoms. The van der Waals surface area contributed by atoms with E-state index in [0.29, 0.717) is 6.61 Å². The lowest BCUT2D eigenvalue weighted by molar-refractivity contribution is -0.152. The quantitative estimate of drug-likeness (QED) is 0.905. The summed E-state index contributed by atoms with van der Waals surface area (Å²) in [5, 5.41) is 10.1. The Morgan fingerprint density at radius 2 is 1.83 bits per heavy atom. The number of methoxy groups -OCH3 is 1. The number of phenolic OH excluding ortho intramolecular Hbond substituents is 1. The van der Waals surface area contributed by atoms with Gasteiger partial charge in [0, 0.05) is 25.2 Å². The highest BCUT2D eigenvalue weighted by atomic mass is 16.5. The fourth-order valence-electron chi connectivity index (χ4n) is 3.97. The van der Waals surface area contributed by atoms with Crippen LogP contribution < -0.4 is 0 Å². The first-order valence-corrected chi connectivity index (χ1v) is 8.02. The molecule has 3 rings (SSSR count). The SMILES string of the molecule is CCO[C@@H]1[C@@H]2C(=O)c3c(O)cccc3C(=O)[C@@H]2[C@H](OC)C(=O)[C@@H]1C. The molecule has 6 nitrogen and oxygen atoms in total. The smallest absolute Gasteiger partial charge is 0.173 e. The van der Waals surface area contributed by atoms with E-state index >= 15 is 0 Å². The van der Waals surface area contributed by atoms with Gasteiger partial charge in [-0.25, -0.2) is 0 Å². The molecular weight excluding hydrogens is 312 g/mol. The second-order valence-electron chi connectivity index (χ2n) is 6.25. The van der Waals surface area contributed by atoms with Crippen LogP contribution in [0.15, 0.2) is 18.2 Å². The molecule has 0 amide bonds. The number of Topliss-reactive ketones (excluding diaryl/α,β-unsaturated/α-hetero) is 3. The van der Waals surface area contributed by atoms with Gasteiger partial charge in [-0.2, -0.15) is 0 Å². The van der Waals surface area contributed by atoms with Crippen LogP contribution in [0, 0.1) is 17.8 Å². The summed E-state index contributed by atoms with van der Waals surface area (Å²) >= 11 is 0. The molecule has 0 aliphatic heterocycles. The predicted octanol–water partition coefficient (Wildman–Crippen LogP) is 1.64. The molecule has 1 aromatic carbocycles. The summed E-state index contributed by atoms with van der Waals surface area (Å²) in [5.41, 5.74) is 0.158. The van der Waals surface area contributed by atoms with Gasteiger partial charge in [-0.1, -0.05) is 19.1 Å². The molecule has 2 aliphatic rings. The van der Waals surface area contributed by atoms with Gasteiger partial charge in [-0.05, 0) is 13.0 Å². The first-order valence-electron chi connectivity index (χ1n) is 8.02. The summed E-state index contributed by atoms with van der Waals surface area (Å²) < 4.78 is 11.0. The Kier molecular flexibility index (Phi) is 4.27. The standard InChI is InChI=1S/C18H20O6/c1-4-24-17-8(2)14(20)18(23-3)12-13(17)16(22)11-9(15(12)21)6-5-7-10(11)19/h5-8,12-13,17-19H,4H2,1-3H3/t8-,12+,13-,17-,18-/m0/s1. The van der Waals surface area contributed by atoms with Crippen LogP contribution in [0.3, 0.4) is 0 Å². The van der Waals surface area contributed by atoms with Crippen molar-refractivity contribution < 1.29 is 29.0 Å². The van der Waals surface area contributed by atoms with E-state index in [1.807, 2.05) is 0 Å². The largest absolute Gasteiger partial charge is 0.507 e. The van der Waals surface area contributed by atoms with Crippen LogP contribution in [0.5, 0.6) is 5.75 Å². The number of benzene rings is 1. The van der Waals surface area contributed by atoms with Crippen LogP contribution in [-0.4, -0.2) is 48.4 Å². The Balaban J connectivity index is 2.20. The normalized spacial score (nSPS) is 32.5. The Labute approximate surface area is 139 Å². The lowest BCUT2D eigenvalue weighted by Crippen LogP contribution is -2.60. The molecule has 5 atom stereocenters. The molecule has 6 heteroatoms. The fraction of sp³-hybridized carbons (Fsp3) is 0.500. The number of hydrogen-bond acceptors (Lipinski definition) is 6. The summed E-state index contributed by atoms with van der Waals surface area (Å²) in [6.45, 7) is 3.77. The zero-order valence-electron chi connectivity index (χ0n) is 13.8. The molecule has 1 fully saturated rings. The Hall–Kier alpha value is -2.05. The van der Waals surface area contributed by atoms with Gasteiger partial charge in [0.15, 0.2) is 17.3 Å². The second kappa shape index (κ2) is 6.11. The molecule has 0 heterocycles. The van der Waals surface area contributed by atoms with E-state index in [9.17, 15) is 19.5 Å². The number of rotatable bonds is 3. The lowest BCUT2D eigenvalue weighted by Gasteiger charge is -2.45. The van der Waals surface area contributed by atoms with Crippen molar-refractivity contribution in [3.63, 3.8) is 0 Å². The van der Waals surface area contributed by atoms with Crippen molar-refractivity contribution >= 4 is 17.3 Å². The van der Waals surface area contributed by atoms with Gasteiger partial charge in [0.1, 0.15) is 11.9 Å². The number of carbonyl (C=O) groups is 3. The molecule has 1 N–H and O–H groups in total. The number of hydrogen-bond donors (Lipinski definition) is 1. The van der Waals surface area contributed by atoms with Crippen molar-refractivity contribution in [2.24, 2.45) is 17.8 Å². The number of carbonyl (C=O) groups excluding carboxylic acids is 3. The monoisotopic (exact) mass is 332 g/mol. The van der Waals surface area contributed by atoms with E-state index in [1.165, 1.54) is 25.3 Å². The number of ether oxygens (including phenoxy) is 2. The highest BCUT2D eigenvalue weighted by Gasteiger charge is 2.58. The van der Waals surface area contributed by atoms with Crippen LogP contribution >= 0.6 is 0 Å². The van der Waals surface area contributed by atoms with Crippen molar-refractivity contribution in [1.82, 2.24) is 0 Å². The van der Waals surface area contributed by atoms with Gasteiger partial charge in [-0.15, -0.1) is 0 Å². The molecule has 0 saturated heterocycles. The highest BCUT2D eigenvalue weighted by Crippen LogP contribution is 2.44. The van der Waals surface area contributed by atoms with Crippen LogP contribution in [0.1, 0.15) is 34.6 Å². The van der Waals surface area contributed by atoms with E-state index in [0.717, 1.165) is 0 Å². The molecule has 0 spiro atoms. The summed E-state index contributed by atoms with van der Waals surface area (Å²) in [4.78, 5) is 38.6. The molecular formula is C18H20O6. The van der Waals surface area contributed by atoms with Gasteiger partial charge in [0.25, 0.3) is 0 Å². The Morgan fingerprint density at radius 1 is 1.12 bits per heavy atom. The fourth-order valence-corrected chi connectivity index (χ4v) is 3.97.